The van der Waals surface area contributed by atoms with Gasteiger partial charge in [-0.3, -0.25) is 0 Å². The number of nitrogens with zero attached hydrogens (tertiary/aromatic N) is 2. The summed E-state index contributed by atoms with van der Waals surface area (Å²) in [5.41, 5.74) is 11.0. The third-order valence-corrected chi connectivity index (χ3v) is 4.19. The maximum Gasteiger partial charge on any atom is 0.142 e. The fourth-order valence-electron chi connectivity index (χ4n) is 2.63. The monoisotopic (exact) mass is 333 g/mol. The molecule has 0 aliphatic rings. The van der Waals surface area contributed by atoms with Crippen molar-refractivity contribution in [3.63, 3.8) is 0 Å². The van der Waals surface area contributed by atoms with Gasteiger partial charge in [-0.2, -0.15) is 5.26 Å². The van der Waals surface area contributed by atoms with Crippen LogP contribution in [-0.2, 0) is 6.42 Å². The van der Waals surface area contributed by atoms with Crippen LogP contribution >= 0.6 is 11.6 Å². The number of aryl methyl sites for hydroxylation is 1. The van der Waals surface area contributed by atoms with E-state index in [4.69, 9.17) is 17.3 Å². The van der Waals surface area contributed by atoms with Gasteiger partial charge in [-0.05, 0) is 35.7 Å². The lowest BCUT2D eigenvalue weighted by Crippen LogP contribution is -1.99. The number of nitrogen functional groups attached to an aromatic ring is 1. The second kappa shape index (κ2) is 6.74. The molecule has 118 valence electrons. The van der Waals surface area contributed by atoms with Gasteiger partial charge in [0, 0.05) is 16.1 Å². The molecule has 0 saturated carbocycles. The zero-order valence-electron chi connectivity index (χ0n) is 13.3. The summed E-state index contributed by atoms with van der Waals surface area (Å²) in [7, 11) is 0. The molecule has 3 aromatic rings. The average Bonchev–Trinajstić information content (AvgIpc) is 2.61. The number of nitrogens with two attached hydrogens (primary N) is 1. The van der Waals surface area contributed by atoms with Gasteiger partial charge in [-0.25, -0.2) is 4.98 Å². The minimum absolute atomic E-state index is 0.226. The van der Waals surface area contributed by atoms with E-state index in [0.717, 1.165) is 23.1 Å². The Morgan fingerprint density at radius 3 is 2.46 bits per heavy atom. The highest BCUT2D eigenvalue weighted by Crippen LogP contribution is 2.32. The predicted octanol–water partition coefficient (Wildman–Crippen LogP) is 5.09. The summed E-state index contributed by atoms with van der Waals surface area (Å²) in [4.78, 5) is 4.37. The first-order valence-electron chi connectivity index (χ1n) is 7.68. The highest BCUT2D eigenvalue weighted by molar-refractivity contribution is 6.30. The van der Waals surface area contributed by atoms with E-state index in [0.29, 0.717) is 16.3 Å². The molecule has 2 N–H and O–H groups in total. The van der Waals surface area contributed by atoms with Crippen molar-refractivity contribution < 1.29 is 0 Å². The van der Waals surface area contributed by atoms with Crippen molar-refractivity contribution in [2.24, 2.45) is 0 Å². The van der Waals surface area contributed by atoms with Gasteiger partial charge in [0.1, 0.15) is 17.5 Å². The molecule has 1 aromatic heterocycles. The molecule has 0 bridgehead atoms. The van der Waals surface area contributed by atoms with Gasteiger partial charge < -0.3 is 5.73 Å². The summed E-state index contributed by atoms with van der Waals surface area (Å²) in [6.07, 6.45) is 0.970. The second-order valence-electron chi connectivity index (χ2n) is 5.49. The molecule has 0 fully saturated rings. The van der Waals surface area contributed by atoms with E-state index in [9.17, 15) is 5.26 Å². The van der Waals surface area contributed by atoms with Gasteiger partial charge >= 0.3 is 0 Å². The maximum atomic E-state index is 9.48. The van der Waals surface area contributed by atoms with Crippen LogP contribution in [0.15, 0.2) is 54.6 Å². The van der Waals surface area contributed by atoms with Crippen molar-refractivity contribution in [1.82, 2.24) is 4.98 Å². The lowest BCUT2D eigenvalue weighted by atomic mass is 9.97. The molecule has 0 radical (unpaired) electrons. The van der Waals surface area contributed by atoms with Crippen LogP contribution in [0.4, 0.5) is 5.82 Å². The molecule has 0 saturated heterocycles. The summed E-state index contributed by atoms with van der Waals surface area (Å²) in [5, 5.41) is 10.1. The van der Waals surface area contributed by atoms with Crippen LogP contribution in [0.1, 0.15) is 18.1 Å². The lowest BCUT2D eigenvalue weighted by Gasteiger charge is -2.11. The maximum absolute atomic E-state index is 9.48. The Morgan fingerprint density at radius 1 is 1.08 bits per heavy atom. The third-order valence-electron chi connectivity index (χ3n) is 3.95. The SMILES string of the molecule is CCc1ccc(-c2cc(-c3cccc(Cl)c3)nc(N)c2C#N)cc1. The van der Waals surface area contributed by atoms with Crippen LogP contribution in [0.5, 0.6) is 0 Å². The predicted molar refractivity (Wildman–Crippen MR) is 98.6 cm³/mol. The molecule has 0 aliphatic heterocycles. The standard InChI is InChI=1S/C20H16ClN3/c1-2-13-6-8-14(9-7-13)17-11-19(24-20(23)18(17)12-22)15-4-3-5-16(21)10-15/h3-11H,2H2,1H3,(H2,23,24). The van der Waals surface area contributed by atoms with E-state index in [-0.39, 0.29) is 5.82 Å². The van der Waals surface area contributed by atoms with E-state index >= 15 is 0 Å². The fraction of sp³-hybridized carbons (Fsp3) is 0.100. The van der Waals surface area contributed by atoms with Gasteiger partial charge in [0.15, 0.2) is 0 Å². The first kappa shape index (κ1) is 16.0. The summed E-state index contributed by atoms with van der Waals surface area (Å²) < 4.78 is 0. The third kappa shape index (κ3) is 3.10. The van der Waals surface area contributed by atoms with E-state index in [2.05, 4.69) is 30.1 Å². The molecule has 2 aromatic carbocycles. The number of hydrogen-bond donors (Lipinski definition) is 1. The Bertz CT molecular complexity index is 925. The first-order chi connectivity index (χ1) is 11.6. The van der Waals surface area contributed by atoms with E-state index in [1.54, 1.807) is 0 Å². The molecule has 0 amide bonds. The van der Waals surface area contributed by atoms with E-state index in [1.807, 2.05) is 42.5 Å². The van der Waals surface area contributed by atoms with Gasteiger partial charge in [-0.15, -0.1) is 0 Å². The number of pyridine rings is 1. The van der Waals surface area contributed by atoms with Crippen molar-refractivity contribution in [2.45, 2.75) is 13.3 Å². The molecule has 0 spiro atoms. The highest BCUT2D eigenvalue weighted by Gasteiger charge is 2.13. The molecular formula is C20H16ClN3. The Hall–Kier alpha value is -2.83. The normalized spacial score (nSPS) is 10.4. The van der Waals surface area contributed by atoms with Crippen molar-refractivity contribution in [3.8, 4) is 28.5 Å². The number of halogens is 1. The zero-order valence-corrected chi connectivity index (χ0v) is 14.0. The van der Waals surface area contributed by atoms with Crippen molar-refractivity contribution in [3.05, 3.63) is 70.7 Å². The first-order valence-corrected chi connectivity index (χ1v) is 8.06. The fourth-order valence-corrected chi connectivity index (χ4v) is 2.82. The minimum atomic E-state index is 0.226. The molecule has 0 atom stereocenters. The molecule has 3 rings (SSSR count). The molecule has 0 unspecified atom stereocenters. The van der Waals surface area contributed by atoms with Crippen LogP contribution in [0.3, 0.4) is 0 Å². The number of anilines is 1. The van der Waals surface area contributed by atoms with Crippen LogP contribution in [0.25, 0.3) is 22.4 Å². The van der Waals surface area contributed by atoms with Crippen LogP contribution in [-0.4, -0.2) is 4.98 Å². The Balaban J connectivity index is 2.18. The molecule has 1 heterocycles. The Labute approximate surface area is 146 Å². The quantitative estimate of drug-likeness (QED) is 0.726. The molecule has 4 heteroatoms. The zero-order chi connectivity index (χ0) is 17.1. The number of aromatic nitrogens is 1. The summed E-state index contributed by atoms with van der Waals surface area (Å²) in [6, 6.07) is 19.6. The molecule has 3 nitrogen and oxygen atoms in total. The Kier molecular flexibility index (Phi) is 4.50. The Morgan fingerprint density at radius 2 is 1.83 bits per heavy atom. The van der Waals surface area contributed by atoms with Gasteiger partial charge in [0.2, 0.25) is 0 Å². The van der Waals surface area contributed by atoms with E-state index < -0.39 is 0 Å². The highest BCUT2D eigenvalue weighted by atomic mass is 35.5. The average molecular weight is 334 g/mol. The van der Waals surface area contributed by atoms with E-state index in [1.165, 1.54) is 5.56 Å². The van der Waals surface area contributed by atoms with Crippen LogP contribution < -0.4 is 5.73 Å². The topological polar surface area (TPSA) is 62.7 Å². The van der Waals surface area contributed by atoms with Crippen LogP contribution in [0, 0.1) is 11.3 Å². The van der Waals surface area contributed by atoms with Gasteiger partial charge in [-0.1, -0.05) is 54.9 Å². The minimum Gasteiger partial charge on any atom is -0.383 e. The van der Waals surface area contributed by atoms with Crippen molar-refractivity contribution in [1.29, 1.82) is 5.26 Å². The number of rotatable bonds is 3. The second-order valence-corrected chi connectivity index (χ2v) is 5.92. The summed E-state index contributed by atoms with van der Waals surface area (Å²) in [5.74, 6) is 0.226. The van der Waals surface area contributed by atoms with Crippen LogP contribution in [0.2, 0.25) is 5.02 Å². The number of benzene rings is 2. The number of hydrogen-bond acceptors (Lipinski definition) is 3. The van der Waals surface area contributed by atoms with Gasteiger partial charge in [0.05, 0.1) is 5.69 Å². The largest absolute Gasteiger partial charge is 0.383 e. The lowest BCUT2D eigenvalue weighted by molar-refractivity contribution is 1.14. The van der Waals surface area contributed by atoms with Crippen molar-refractivity contribution in [2.75, 3.05) is 5.73 Å². The summed E-state index contributed by atoms with van der Waals surface area (Å²) in [6.45, 7) is 2.11. The summed E-state index contributed by atoms with van der Waals surface area (Å²) >= 11 is 6.07. The van der Waals surface area contributed by atoms with Crippen molar-refractivity contribution >= 4 is 17.4 Å². The number of nitriles is 1. The molecule has 24 heavy (non-hydrogen) atoms. The van der Waals surface area contributed by atoms with Gasteiger partial charge in [0.25, 0.3) is 0 Å². The molecule has 0 aliphatic carbocycles. The molecular weight excluding hydrogens is 318 g/mol. The smallest absolute Gasteiger partial charge is 0.142 e.